The van der Waals surface area contributed by atoms with E-state index in [4.69, 9.17) is 9.84 Å². The fourth-order valence-electron chi connectivity index (χ4n) is 3.11. The fraction of sp³-hybridized carbons (Fsp3) is 0.786. The molecule has 2 aliphatic rings. The Hall–Kier alpha value is -0.910. The zero-order valence-electron chi connectivity index (χ0n) is 11.4. The van der Waals surface area contributed by atoms with E-state index in [9.17, 15) is 5.11 Å². The molecule has 1 saturated heterocycles. The van der Waals surface area contributed by atoms with Crippen molar-refractivity contribution in [2.24, 2.45) is 0 Å². The average molecular weight is 265 g/mol. The van der Waals surface area contributed by atoms with E-state index in [0.29, 0.717) is 12.6 Å². The number of rotatable bonds is 4. The monoisotopic (exact) mass is 265 g/mol. The van der Waals surface area contributed by atoms with E-state index in [2.05, 4.69) is 21.8 Å². The number of aliphatic hydroxyl groups excluding tert-OH is 1. The molecular weight excluding hydrogens is 242 g/mol. The summed E-state index contributed by atoms with van der Waals surface area (Å²) in [5, 5.41) is 14.1. The molecule has 1 atom stereocenters. The lowest BCUT2D eigenvalue weighted by atomic mass is 10.2. The van der Waals surface area contributed by atoms with Crippen LogP contribution >= 0.6 is 0 Å². The molecule has 5 nitrogen and oxygen atoms in total. The SMILES string of the molecule is OCC1COCCN1Cc1ccn(C2CCCC2)n1. The summed E-state index contributed by atoms with van der Waals surface area (Å²) >= 11 is 0. The molecule has 1 N–H and O–H groups in total. The van der Waals surface area contributed by atoms with Gasteiger partial charge >= 0.3 is 0 Å². The summed E-state index contributed by atoms with van der Waals surface area (Å²) in [4.78, 5) is 2.27. The first-order valence-electron chi connectivity index (χ1n) is 7.33. The molecule has 2 fully saturated rings. The Morgan fingerprint density at radius 3 is 3.00 bits per heavy atom. The predicted molar refractivity (Wildman–Crippen MR) is 71.8 cm³/mol. The van der Waals surface area contributed by atoms with Crippen LogP contribution in [0.1, 0.15) is 37.4 Å². The van der Waals surface area contributed by atoms with Crippen molar-refractivity contribution in [3.63, 3.8) is 0 Å². The number of aliphatic hydroxyl groups is 1. The molecule has 0 bridgehead atoms. The van der Waals surface area contributed by atoms with Gasteiger partial charge in [0.1, 0.15) is 0 Å². The summed E-state index contributed by atoms with van der Waals surface area (Å²) in [6.07, 6.45) is 7.29. The molecule has 1 aliphatic carbocycles. The fourth-order valence-corrected chi connectivity index (χ4v) is 3.11. The molecule has 1 unspecified atom stereocenters. The van der Waals surface area contributed by atoms with Gasteiger partial charge in [-0.15, -0.1) is 0 Å². The molecule has 106 valence electrons. The molecule has 19 heavy (non-hydrogen) atoms. The van der Waals surface area contributed by atoms with Gasteiger partial charge in [0.05, 0.1) is 37.6 Å². The lowest BCUT2D eigenvalue weighted by Crippen LogP contribution is -2.46. The molecule has 0 amide bonds. The lowest BCUT2D eigenvalue weighted by molar-refractivity contribution is -0.0318. The highest BCUT2D eigenvalue weighted by molar-refractivity contribution is 5.01. The minimum atomic E-state index is 0.116. The number of hydrogen-bond acceptors (Lipinski definition) is 4. The summed E-state index contributed by atoms with van der Waals surface area (Å²) in [6, 6.07) is 2.83. The van der Waals surface area contributed by atoms with Crippen LogP contribution in [-0.2, 0) is 11.3 Å². The molecule has 0 radical (unpaired) electrons. The second kappa shape index (κ2) is 6.03. The third-order valence-corrected chi connectivity index (χ3v) is 4.29. The topological polar surface area (TPSA) is 50.5 Å². The maximum Gasteiger partial charge on any atom is 0.0765 e. The van der Waals surface area contributed by atoms with Crippen molar-refractivity contribution in [2.45, 2.75) is 44.3 Å². The van der Waals surface area contributed by atoms with Gasteiger partial charge in [-0.2, -0.15) is 5.10 Å². The molecule has 3 rings (SSSR count). The Labute approximate surface area is 114 Å². The van der Waals surface area contributed by atoms with Crippen molar-refractivity contribution in [1.29, 1.82) is 0 Å². The summed E-state index contributed by atoms with van der Waals surface area (Å²) in [5.74, 6) is 0. The zero-order chi connectivity index (χ0) is 13.1. The summed E-state index contributed by atoms with van der Waals surface area (Å²) < 4.78 is 7.54. The third kappa shape index (κ3) is 2.99. The quantitative estimate of drug-likeness (QED) is 0.888. The molecule has 0 aromatic carbocycles. The van der Waals surface area contributed by atoms with Crippen molar-refractivity contribution < 1.29 is 9.84 Å². The van der Waals surface area contributed by atoms with Gasteiger partial charge in [0.15, 0.2) is 0 Å². The van der Waals surface area contributed by atoms with E-state index >= 15 is 0 Å². The molecule has 1 aromatic rings. The molecule has 0 spiro atoms. The maximum absolute atomic E-state index is 9.37. The Balaban J connectivity index is 1.62. The van der Waals surface area contributed by atoms with Crippen LogP contribution in [0.2, 0.25) is 0 Å². The van der Waals surface area contributed by atoms with Crippen LogP contribution < -0.4 is 0 Å². The number of ether oxygens (including phenoxy) is 1. The van der Waals surface area contributed by atoms with Crippen LogP contribution in [0.5, 0.6) is 0 Å². The minimum absolute atomic E-state index is 0.116. The van der Waals surface area contributed by atoms with Gasteiger partial charge < -0.3 is 9.84 Å². The van der Waals surface area contributed by atoms with Crippen LogP contribution in [0, 0.1) is 0 Å². The number of morpholine rings is 1. The first kappa shape index (κ1) is 13.1. The van der Waals surface area contributed by atoms with Crippen LogP contribution in [0.15, 0.2) is 12.3 Å². The van der Waals surface area contributed by atoms with E-state index in [1.807, 2.05) is 0 Å². The van der Waals surface area contributed by atoms with Gasteiger partial charge in [-0.05, 0) is 18.9 Å². The average Bonchev–Trinajstić information content (AvgIpc) is 3.09. The second-order valence-electron chi connectivity index (χ2n) is 5.61. The Morgan fingerprint density at radius 2 is 2.21 bits per heavy atom. The van der Waals surface area contributed by atoms with Crippen molar-refractivity contribution in [2.75, 3.05) is 26.4 Å². The Bertz CT molecular complexity index is 401. The standard InChI is InChI=1S/C14H23N3O2/c18-10-14-11-19-8-7-16(14)9-12-5-6-17(15-12)13-3-1-2-4-13/h5-6,13-14,18H,1-4,7-11H2. The molecular formula is C14H23N3O2. The van der Waals surface area contributed by atoms with Crippen molar-refractivity contribution in [3.05, 3.63) is 18.0 Å². The molecule has 1 aliphatic heterocycles. The second-order valence-corrected chi connectivity index (χ2v) is 5.61. The number of aromatic nitrogens is 2. The number of nitrogens with zero attached hydrogens (tertiary/aromatic N) is 3. The van der Waals surface area contributed by atoms with Gasteiger partial charge in [-0.25, -0.2) is 0 Å². The molecule has 1 saturated carbocycles. The number of hydrogen-bond donors (Lipinski definition) is 1. The molecule has 5 heteroatoms. The molecule has 1 aromatic heterocycles. The highest BCUT2D eigenvalue weighted by atomic mass is 16.5. The van der Waals surface area contributed by atoms with Crippen molar-refractivity contribution in [3.8, 4) is 0 Å². The maximum atomic E-state index is 9.37. The van der Waals surface area contributed by atoms with E-state index in [1.165, 1.54) is 25.7 Å². The predicted octanol–water partition coefficient (Wildman–Crippen LogP) is 1.19. The highest BCUT2D eigenvalue weighted by Gasteiger charge is 2.23. The first-order valence-corrected chi connectivity index (χ1v) is 7.33. The van der Waals surface area contributed by atoms with E-state index in [1.54, 1.807) is 0 Å². The summed E-state index contributed by atoms with van der Waals surface area (Å²) in [7, 11) is 0. The third-order valence-electron chi connectivity index (χ3n) is 4.29. The van der Waals surface area contributed by atoms with E-state index in [-0.39, 0.29) is 12.6 Å². The van der Waals surface area contributed by atoms with Gasteiger partial charge in [0.25, 0.3) is 0 Å². The van der Waals surface area contributed by atoms with E-state index in [0.717, 1.165) is 25.4 Å². The first-order chi connectivity index (χ1) is 9.36. The van der Waals surface area contributed by atoms with Gasteiger partial charge in [-0.1, -0.05) is 12.8 Å². The Kier molecular flexibility index (Phi) is 4.15. The van der Waals surface area contributed by atoms with E-state index < -0.39 is 0 Å². The van der Waals surface area contributed by atoms with Gasteiger partial charge in [-0.3, -0.25) is 9.58 Å². The van der Waals surface area contributed by atoms with Crippen molar-refractivity contribution >= 4 is 0 Å². The van der Waals surface area contributed by atoms with Crippen LogP contribution in [0.25, 0.3) is 0 Å². The molecule has 2 heterocycles. The van der Waals surface area contributed by atoms with Gasteiger partial charge in [0.2, 0.25) is 0 Å². The summed E-state index contributed by atoms with van der Waals surface area (Å²) in [6.45, 7) is 3.22. The lowest BCUT2D eigenvalue weighted by Gasteiger charge is -2.33. The minimum Gasteiger partial charge on any atom is -0.395 e. The van der Waals surface area contributed by atoms with Crippen LogP contribution in [-0.4, -0.2) is 52.2 Å². The highest BCUT2D eigenvalue weighted by Crippen LogP contribution is 2.28. The Morgan fingerprint density at radius 1 is 1.37 bits per heavy atom. The normalized spacial score (nSPS) is 26.1. The largest absolute Gasteiger partial charge is 0.395 e. The van der Waals surface area contributed by atoms with Crippen molar-refractivity contribution in [1.82, 2.24) is 14.7 Å². The van der Waals surface area contributed by atoms with Gasteiger partial charge in [0, 0.05) is 19.3 Å². The van der Waals surface area contributed by atoms with Crippen LogP contribution in [0.4, 0.5) is 0 Å². The van der Waals surface area contributed by atoms with Crippen LogP contribution in [0.3, 0.4) is 0 Å². The smallest absolute Gasteiger partial charge is 0.0765 e. The zero-order valence-corrected chi connectivity index (χ0v) is 11.4. The summed E-state index contributed by atoms with van der Waals surface area (Å²) in [5.41, 5.74) is 1.10.